The summed E-state index contributed by atoms with van der Waals surface area (Å²) in [6, 6.07) is 2.28. The van der Waals surface area contributed by atoms with E-state index < -0.39 is 10.0 Å². The average molecular weight is 365 g/mol. The number of hydrogen-bond donors (Lipinski definition) is 1. The molecule has 1 saturated carbocycles. The van der Waals surface area contributed by atoms with Gasteiger partial charge in [-0.15, -0.1) is 0 Å². The van der Waals surface area contributed by atoms with E-state index in [9.17, 15) is 8.42 Å². The van der Waals surface area contributed by atoms with Crippen molar-refractivity contribution in [2.75, 3.05) is 37.6 Å². The predicted octanol–water partition coefficient (Wildman–Crippen LogP) is 1.18. The van der Waals surface area contributed by atoms with Gasteiger partial charge in [0.15, 0.2) is 0 Å². The third-order valence-electron chi connectivity index (χ3n) is 5.20. The second-order valence-electron chi connectivity index (χ2n) is 6.88. The van der Waals surface area contributed by atoms with Gasteiger partial charge < -0.3 is 14.6 Å². The molecule has 0 aromatic carbocycles. The number of nitrogens with one attached hydrogen (secondary N) is 1. The number of rotatable bonds is 5. The smallest absolute Gasteiger partial charge is 0.216 e. The first-order chi connectivity index (χ1) is 12.0. The minimum Gasteiger partial charge on any atom is -0.365 e. The van der Waals surface area contributed by atoms with Crippen molar-refractivity contribution in [1.29, 1.82) is 0 Å². The number of nitrogens with zero attached hydrogens (tertiary/aromatic N) is 4. The summed E-state index contributed by atoms with van der Waals surface area (Å²) in [6.07, 6.45) is 5.91. The molecule has 9 heteroatoms. The maximum Gasteiger partial charge on any atom is 0.216 e. The van der Waals surface area contributed by atoms with E-state index in [0.29, 0.717) is 19.2 Å². The van der Waals surface area contributed by atoms with Crippen LogP contribution in [0.15, 0.2) is 18.6 Å². The third-order valence-corrected chi connectivity index (χ3v) is 7.16. The molecule has 0 radical (unpaired) electrons. The van der Waals surface area contributed by atoms with Gasteiger partial charge in [0.05, 0.1) is 11.1 Å². The van der Waals surface area contributed by atoms with E-state index in [1.165, 1.54) is 4.31 Å². The molecule has 0 atom stereocenters. The summed E-state index contributed by atoms with van der Waals surface area (Å²) in [7, 11) is -1.21. The zero-order valence-electron chi connectivity index (χ0n) is 14.3. The number of ether oxygens (including phenoxy) is 1. The van der Waals surface area contributed by atoms with Gasteiger partial charge in [0, 0.05) is 32.4 Å². The summed E-state index contributed by atoms with van der Waals surface area (Å²) in [4.78, 5) is 13.9. The van der Waals surface area contributed by atoms with Crippen molar-refractivity contribution in [1.82, 2.24) is 19.3 Å². The summed E-state index contributed by atoms with van der Waals surface area (Å²) in [5.41, 5.74) is 0.820. The molecule has 136 valence electrons. The van der Waals surface area contributed by atoms with Crippen molar-refractivity contribution in [3.05, 3.63) is 18.6 Å². The Kier molecular flexibility index (Phi) is 4.38. The van der Waals surface area contributed by atoms with Gasteiger partial charge in [0.1, 0.15) is 24.5 Å². The van der Waals surface area contributed by atoms with Crippen LogP contribution in [0.25, 0.3) is 11.0 Å². The molecule has 2 aliphatic rings. The quantitative estimate of drug-likeness (QED) is 0.856. The lowest BCUT2D eigenvalue weighted by Gasteiger charge is -2.42. The monoisotopic (exact) mass is 365 g/mol. The van der Waals surface area contributed by atoms with Gasteiger partial charge in [-0.2, -0.15) is 4.31 Å². The number of aromatic amines is 1. The van der Waals surface area contributed by atoms with E-state index in [-0.39, 0.29) is 18.4 Å². The van der Waals surface area contributed by atoms with Crippen molar-refractivity contribution in [2.24, 2.45) is 5.92 Å². The van der Waals surface area contributed by atoms with Crippen LogP contribution in [0.3, 0.4) is 0 Å². The standard InChI is InChI=1S/C16H23N5O3S/c1-20(16-14-3-4-17-15(14)18-10-19-16)13-7-12(8-13)9-25(22,23)21-5-2-6-24-11-21/h3-4,10,12-13H,2,5-9,11H2,1H3,(H,17,18,19)/t12-,13+. The first-order valence-electron chi connectivity index (χ1n) is 8.61. The van der Waals surface area contributed by atoms with Gasteiger partial charge in [-0.1, -0.05) is 0 Å². The zero-order valence-corrected chi connectivity index (χ0v) is 15.1. The van der Waals surface area contributed by atoms with Crippen LogP contribution in [0.2, 0.25) is 0 Å². The van der Waals surface area contributed by atoms with Crippen LogP contribution < -0.4 is 4.90 Å². The van der Waals surface area contributed by atoms with E-state index in [4.69, 9.17) is 4.74 Å². The van der Waals surface area contributed by atoms with Gasteiger partial charge in [0.2, 0.25) is 10.0 Å². The van der Waals surface area contributed by atoms with Crippen molar-refractivity contribution in [2.45, 2.75) is 25.3 Å². The molecule has 1 N–H and O–H groups in total. The lowest BCUT2D eigenvalue weighted by atomic mass is 9.81. The summed E-state index contributed by atoms with van der Waals surface area (Å²) in [5.74, 6) is 1.30. The Labute approximate surface area is 147 Å². The maximum atomic E-state index is 12.5. The summed E-state index contributed by atoms with van der Waals surface area (Å²) in [6.45, 7) is 1.42. The summed E-state index contributed by atoms with van der Waals surface area (Å²) in [5, 5.41) is 0.992. The minimum absolute atomic E-state index is 0.197. The molecule has 4 rings (SSSR count). The van der Waals surface area contributed by atoms with Crippen LogP contribution in [0.5, 0.6) is 0 Å². The van der Waals surface area contributed by atoms with E-state index in [2.05, 4.69) is 19.9 Å². The Bertz CT molecular complexity index is 840. The van der Waals surface area contributed by atoms with Gasteiger partial charge in [-0.3, -0.25) is 0 Å². The fraction of sp³-hybridized carbons (Fsp3) is 0.625. The highest BCUT2D eigenvalue weighted by Crippen LogP contribution is 2.36. The number of hydrogen-bond acceptors (Lipinski definition) is 6. The second-order valence-corrected chi connectivity index (χ2v) is 8.90. The Morgan fingerprint density at radius 2 is 2.24 bits per heavy atom. The zero-order chi connectivity index (χ0) is 17.4. The molecule has 1 aliphatic carbocycles. The molecule has 0 unspecified atom stereocenters. The number of anilines is 1. The number of fused-ring (bicyclic) bond motifs is 1. The molecule has 8 nitrogen and oxygen atoms in total. The number of sulfonamides is 1. The topological polar surface area (TPSA) is 91.4 Å². The summed E-state index contributed by atoms with van der Waals surface area (Å²) < 4.78 is 31.7. The highest BCUT2D eigenvalue weighted by atomic mass is 32.2. The van der Waals surface area contributed by atoms with E-state index in [1.54, 1.807) is 6.33 Å². The van der Waals surface area contributed by atoms with Gasteiger partial charge in [-0.25, -0.2) is 18.4 Å². The predicted molar refractivity (Wildman–Crippen MR) is 94.7 cm³/mol. The third kappa shape index (κ3) is 3.23. The Morgan fingerprint density at radius 3 is 3.00 bits per heavy atom. The van der Waals surface area contributed by atoms with Crippen LogP contribution in [-0.4, -0.2) is 66.4 Å². The van der Waals surface area contributed by atoms with Crippen molar-refractivity contribution >= 4 is 26.9 Å². The molecule has 2 aromatic rings. The van der Waals surface area contributed by atoms with Crippen molar-refractivity contribution < 1.29 is 13.2 Å². The van der Waals surface area contributed by atoms with Crippen molar-refractivity contribution in [3.8, 4) is 0 Å². The largest absolute Gasteiger partial charge is 0.365 e. The van der Waals surface area contributed by atoms with Gasteiger partial charge in [0.25, 0.3) is 0 Å². The van der Waals surface area contributed by atoms with Crippen LogP contribution >= 0.6 is 0 Å². The first kappa shape index (κ1) is 16.7. The first-order valence-corrected chi connectivity index (χ1v) is 10.2. The fourth-order valence-electron chi connectivity index (χ4n) is 3.66. The normalized spacial score (nSPS) is 25.0. The molecular weight excluding hydrogens is 342 g/mol. The maximum absolute atomic E-state index is 12.5. The fourth-order valence-corrected chi connectivity index (χ4v) is 5.38. The van der Waals surface area contributed by atoms with Gasteiger partial charge in [-0.05, 0) is 31.2 Å². The molecule has 25 heavy (non-hydrogen) atoms. The number of H-pyrrole nitrogens is 1. The average Bonchev–Trinajstić information content (AvgIpc) is 3.06. The van der Waals surface area contributed by atoms with Crippen LogP contribution in [-0.2, 0) is 14.8 Å². The Hall–Kier alpha value is -1.71. The molecule has 0 spiro atoms. The van der Waals surface area contributed by atoms with E-state index >= 15 is 0 Å². The number of aromatic nitrogens is 3. The molecule has 2 aromatic heterocycles. The summed E-state index contributed by atoms with van der Waals surface area (Å²) >= 11 is 0. The highest BCUT2D eigenvalue weighted by molar-refractivity contribution is 7.89. The molecule has 0 bridgehead atoms. The Balaban J connectivity index is 1.38. The molecule has 1 aliphatic heterocycles. The molecule has 2 fully saturated rings. The van der Waals surface area contributed by atoms with Crippen LogP contribution in [0.4, 0.5) is 5.82 Å². The van der Waals surface area contributed by atoms with Crippen LogP contribution in [0.1, 0.15) is 19.3 Å². The Morgan fingerprint density at radius 1 is 1.40 bits per heavy atom. The SMILES string of the molecule is CN(c1ncnc2[nH]ccc12)[C@H]1C[C@@H](CS(=O)(=O)N2CCCOC2)C1. The lowest BCUT2D eigenvalue weighted by Crippen LogP contribution is -2.48. The molecule has 1 saturated heterocycles. The van der Waals surface area contributed by atoms with Gasteiger partial charge >= 0.3 is 0 Å². The van der Waals surface area contributed by atoms with E-state index in [0.717, 1.165) is 36.1 Å². The van der Waals surface area contributed by atoms with Crippen LogP contribution in [0, 0.1) is 5.92 Å². The molecule has 3 heterocycles. The highest BCUT2D eigenvalue weighted by Gasteiger charge is 2.38. The molecule has 0 amide bonds. The second kappa shape index (κ2) is 6.54. The molecular formula is C16H23N5O3S. The van der Waals surface area contributed by atoms with Crippen molar-refractivity contribution in [3.63, 3.8) is 0 Å². The lowest BCUT2D eigenvalue weighted by molar-refractivity contribution is 0.0309. The minimum atomic E-state index is -3.22. The van der Waals surface area contributed by atoms with E-state index in [1.807, 2.05) is 19.3 Å².